The first kappa shape index (κ1) is 24.8. The molecule has 0 spiro atoms. The minimum absolute atomic E-state index is 0.0606. The van der Waals surface area contributed by atoms with E-state index in [4.69, 9.17) is 13.9 Å². The summed E-state index contributed by atoms with van der Waals surface area (Å²) in [5.74, 6) is 0.874. The van der Waals surface area contributed by atoms with Gasteiger partial charge in [0.1, 0.15) is 11.5 Å². The van der Waals surface area contributed by atoms with Crippen LogP contribution in [0.4, 0.5) is 0 Å². The Morgan fingerprint density at radius 2 is 1.74 bits per heavy atom. The van der Waals surface area contributed by atoms with Crippen molar-refractivity contribution in [1.82, 2.24) is 10.2 Å². The Bertz CT molecular complexity index is 1250. The number of furan rings is 1. The summed E-state index contributed by atoms with van der Waals surface area (Å²) in [5, 5.41) is 2.65. The fraction of sp³-hybridized carbons (Fsp3) is 0.346. The molecule has 1 aliphatic rings. The Hall–Kier alpha value is -3.30. The van der Waals surface area contributed by atoms with Crippen LogP contribution in [0.25, 0.3) is 0 Å². The zero-order valence-corrected chi connectivity index (χ0v) is 20.7. The highest BCUT2D eigenvalue weighted by Gasteiger charge is 2.28. The van der Waals surface area contributed by atoms with E-state index in [1.165, 1.54) is 30.7 Å². The van der Waals surface area contributed by atoms with Gasteiger partial charge < -0.3 is 19.2 Å². The second-order valence-electron chi connectivity index (χ2n) is 8.37. The molecule has 8 nitrogen and oxygen atoms in total. The van der Waals surface area contributed by atoms with E-state index in [-0.39, 0.29) is 21.8 Å². The molecule has 4 rings (SSSR count). The third-order valence-electron chi connectivity index (χ3n) is 6.21. The molecule has 1 amide bonds. The fourth-order valence-electron chi connectivity index (χ4n) is 4.34. The first-order chi connectivity index (χ1) is 16.9. The van der Waals surface area contributed by atoms with E-state index in [2.05, 4.69) is 10.2 Å². The number of piperidine rings is 1. The van der Waals surface area contributed by atoms with E-state index in [0.717, 1.165) is 31.5 Å². The Balaban J connectivity index is 1.54. The van der Waals surface area contributed by atoms with Crippen molar-refractivity contribution in [2.45, 2.75) is 35.3 Å². The second-order valence-corrected chi connectivity index (χ2v) is 10.2. The van der Waals surface area contributed by atoms with Crippen LogP contribution in [-0.2, 0) is 9.84 Å². The van der Waals surface area contributed by atoms with Gasteiger partial charge in [-0.25, -0.2) is 8.42 Å². The lowest BCUT2D eigenvalue weighted by Gasteiger charge is -2.35. The summed E-state index contributed by atoms with van der Waals surface area (Å²) in [6.07, 6.45) is 3.33. The predicted octanol–water partition coefficient (Wildman–Crippen LogP) is 4.09. The SMILES string of the molecule is COc1ccc(OC)c(C(CNC(=O)c2ccc(S(=O)(=O)c3ccccc3)o2)N2CCCCC2)c1. The number of nitrogens with zero attached hydrogens (tertiary/aromatic N) is 1. The summed E-state index contributed by atoms with van der Waals surface area (Å²) in [5.41, 5.74) is 0.917. The lowest BCUT2D eigenvalue weighted by atomic mass is 10.00. The van der Waals surface area contributed by atoms with Crippen molar-refractivity contribution in [2.24, 2.45) is 0 Å². The molecule has 1 fully saturated rings. The standard InChI is InChI=1S/C26H30N2O6S/c1-32-19-11-12-23(33-2)21(17-19)22(28-15-7-4-8-16-28)18-27-26(29)24-13-14-25(34-24)35(30,31)20-9-5-3-6-10-20/h3,5-6,9-14,17,22H,4,7-8,15-16,18H2,1-2H3,(H,27,29). The first-order valence-electron chi connectivity index (χ1n) is 11.6. The summed E-state index contributed by atoms with van der Waals surface area (Å²) in [4.78, 5) is 15.4. The molecule has 2 aromatic carbocycles. The minimum atomic E-state index is -3.85. The monoisotopic (exact) mass is 498 g/mol. The number of amides is 1. The number of ether oxygens (including phenoxy) is 2. The number of nitrogens with one attached hydrogen (secondary N) is 1. The average molecular weight is 499 g/mol. The van der Waals surface area contributed by atoms with Crippen LogP contribution >= 0.6 is 0 Å². The van der Waals surface area contributed by atoms with E-state index in [1.54, 1.807) is 32.4 Å². The number of carbonyl (C=O) groups is 1. The van der Waals surface area contributed by atoms with E-state index in [9.17, 15) is 13.2 Å². The number of methoxy groups -OCH3 is 2. The molecule has 1 saturated heterocycles. The summed E-state index contributed by atoms with van der Waals surface area (Å²) >= 11 is 0. The first-order valence-corrected chi connectivity index (χ1v) is 13.1. The topological polar surface area (TPSA) is 98.1 Å². The van der Waals surface area contributed by atoms with Crippen LogP contribution in [0.15, 0.2) is 75.1 Å². The Morgan fingerprint density at radius 1 is 1.00 bits per heavy atom. The smallest absolute Gasteiger partial charge is 0.287 e. The molecule has 1 unspecified atom stereocenters. The van der Waals surface area contributed by atoms with Crippen molar-refractivity contribution in [1.29, 1.82) is 0 Å². The molecule has 1 aromatic heterocycles. The Labute approximate surface area is 205 Å². The van der Waals surface area contributed by atoms with Gasteiger partial charge in [0.2, 0.25) is 14.9 Å². The third kappa shape index (κ3) is 5.52. The summed E-state index contributed by atoms with van der Waals surface area (Å²) in [6.45, 7) is 2.10. The predicted molar refractivity (Wildman–Crippen MR) is 131 cm³/mol. The molecule has 0 aliphatic carbocycles. The van der Waals surface area contributed by atoms with Crippen molar-refractivity contribution >= 4 is 15.7 Å². The Morgan fingerprint density at radius 3 is 2.43 bits per heavy atom. The molecule has 186 valence electrons. The van der Waals surface area contributed by atoms with Crippen LogP contribution < -0.4 is 14.8 Å². The second kappa shape index (κ2) is 11.0. The molecule has 9 heteroatoms. The van der Waals surface area contributed by atoms with Gasteiger partial charge in [-0.15, -0.1) is 0 Å². The van der Waals surface area contributed by atoms with Gasteiger partial charge in [0.25, 0.3) is 5.91 Å². The van der Waals surface area contributed by atoms with Crippen molar-refractivity contribution in [3.05, 3.63) is 72.0 Å². The van der Waals surface area contributed by atoms with Crippen molar-refractivity contribution in [3.63, 3.8) is 0 Å². The van der Waals surface area contributed by atoms with E-state index < -0.39 is 15.7 Å². The van der Waals surface area contributed by atoms with Gasteiger partial charge in [-0.05, 0) is 68.4 Å². The van der Waals surface area contributed by atoms with Gasteiger partial charge in [0.05, 0.1) is 25.2 Å². The normalized spacial score (nSPS) is 15.4. The lowest BCUT2D eigenvalue weighted by molar-refractivity contribution is 0.0890. The van der Waals surface area contributed by atoms with Crippen LogP contribution in [0.3, 0.4) is 0 Å². The van der Waals surface area contributed by atoms with E-state index in [1.807, 2.05) is 18.2 Å². The Kier molecular flexibility index (Phi) is 7.77. The molecule has 0 radical (unpaired) electrons. The van der Waals surface area contributed by atoms with Gasteiger partial charge in [0.15, 0.2) is 5.76 Å². The van der Waals surface area contributed by atoms with Crippen molar-refractivity contribution in [2.75, 3.05) is 33.9 Å². The van der Waals surface area contributed by atoms with Crippen LogP contribution in [0.2, 0.25) is 0 Å². The minimum Gasteiger partial charge on any atom is -0.497 e. The fourth-order valence-corrected chi connectivity index (χ4v) is 5.54. The van der Waals surface area contributed by atoms with E-state index in [0.29, 0.717) is 18.0 Å². The van der Waals surface area contributed by atoms with Crippen molar-refractivity contribution in [3.8, 4) is 11.5 Å². The number of benzene rings is 2. The van der Waals surface area contributed by atoms with Crippen molar-refractivity contribution < 1.29 is 27.1 Å². The van der Waals surface area contributed by atoms with Gasteiger partial charge >= 0.3 is 0 Å². The zero-order valence-electron chi connectivity index (χ0n) is 19.9. The largest absolute Gasteiger partial charge is 0.497 e. The maximum absolute atomic E-state index is 12.9. The zero-order chi connectivity index (χ0) is 24.8. The number of hydrogen-bond acceptors (Lipinski definition) is 7. The number of carbonyl (C=O) groups excluding carboxylic acids is 1. The molecular weight excluding hydrogens is 468 g/mol. The molecule has 3 aromatic rings. The molecule has 0 saturated carbocycles. The third-order valence-corrected chi connectivity index (χ3v) is 7.85. The molecular formula is C26H30N2O6S. The lowest BCUT2D eigenvalue weighted by Crippen LogP contribution is -2.40. The number of hydrogen-bond donors (Lipinski definition) is 1. The average Bonchev–Trinajstić information content (AvgIpc) is 3.41. The van der Waals surface area contributed by atoms with Crippen LogP contribution in [-0.4, -0.2) is 53.1 Å². The number of rotatable bonds is 9. The number of likely N-dealkylation sites (tertiary alicyclic amines) is 1. The molecule has 35 heavy (non-hydrogen) atoms. The van der Waals surface area contributed by atoms with Gasteiger partial charge in [0, 0.05) is 12.1 Å². The maximum Gasteiger partial charge on any atom is 0.287 e. The highest BCUT2D eigenvalue weighted by molar-refractivity contribution is 7.91. The number of sulfone groups is 1. The molecule has 1 aliphatic heterocycles. The van der Waals surface area contributed by atoms with Crippen LogP contribution in [0, 0.1) is 0 Å². The maximum atomic E-state index is 12.9. The van der Waals surface area contributed by atoms with Gasteiger partial charge in [-0.1, -0.05) is 24.6 Å². The quantitative estimate of drug-likeness (QED) is 0.475. The van der Waals surface area contributed by atoms with E-state index >= 15 is 0 Å². The molecule has 0 bridgehead atoms. The highest BCUT2D eigenvalue weighted by atomic mass is 32.2. The van der Waals surface area contributed by atoms with Gasteiger partial charge in [-0.2, -0.15) is 0 Å². The van der Waals surface area contributed by atoms with Crippen LogP contribution in [0.1, 0.15) is 41.4 Å². The molecule has 1 N–H and O–H groups in total. The summed E-state index contributed by atoms with van der Waals surface area (Å²) in [6, 6.07) is 16.2. The summed E-state index contributed by atoms with van der Waals surface area (Å²) < 4.78 is 42.1. The van der Waals surface area contributed by atoms with Crippen LogP contribution in [0.5, 0.6) is 11.5 Å². The summed E-state index contributed by atoms with van der Waals surface area (Å²) in [7, 11) is -0.613. The highest BCUT2D eigenvalue weighted by Crippen LogP contribution is 2.34. The molecule has 1 atom stereocenters. The molecule has 2 heterocycles. The van der Waals surface area contributed by atoms with Gasteiger partial charge in [-0.3, -0.25) is 9.69 Å².